The van der Waals surface area contributed by atoms with Crippen molar-refractivity contribution in [1.29, 1.82) is 0 Å². The van der Waals surface area contributed by atoms with Crippen molar-refractivity contribution in [3.05, 3.63) is 113 Å². The van der Waals surface area contributed by atoms with E-state index in [2.05, 4.69) is 108 Å². The van der Waals surface area contributed by atoms with Crippen LogP contribution >= 0.6 is 0 Å². The first-order valence-electron chi connectivity index (χ1n) is 29.9. The van der Waals surface area contributed by atoms with Crippen LogP contribution in [-0.2, 0) is 5.41 Å². The second-order valence-electron chi connectivity index (χ2n) is 27.7. The number of amidine groups is 2. The molecule has 3 N–H and O–H groups in total. The maximum absolute atomic E-state index is 5.24. The number of nitrogens with one attached hydrogen (secondary N) is 3. The predicted octanol–water partition coefficient (Wildman–Crippen LogP) is 12.2. The highest BCUT2D eigenvalue weighted by Crippen LogP contribution is 2.58. The summed E-state index contributed by atoms with van der Waals surface area (Å²) in [4.78, 5) is 23.7. The highest BCUT2D eigenvalue weighted by atomic mass is 16.5. The molecular formula is C66H86N8O. The third-order valence-electron chi connectivity index (χ3n) is 20.7. The Hall–Kier alpha value is -4.57. The number of benzene rings is 3. The van der Waals surface area contributed by atoms with Gasteiger partial charge in [0.2, 0.25) is 0 Å². The Morgan fingerprint density at radius 1 is 0.453 bits per heavy atom. The van der Waals surface area contributed by atoms with Crippen LogP contribution < -0.4 is 20.7 Å². The standard InChI is InChI=1S/C24H33N3.C22H28N2O.C20H25N3/c1-23(2,3)20-6-4-19(5-7-20)22-25-14-21(27-22)15-26-24-11-16-8-17(12-24)10-18(9-16)13-24;1-25-20-4-2-19(3-5-20)21-9-18(13-23-21)14-24-22-10-15-6-16(11-22)8-17(7-15)12-22;1-2-4-17(5-3-1)19-21-12-18(23-19)13-22-20-9-14-6-15(10-20)8-16(7-14)11-20/h4-7,16-18,26H,8-15H2,1-3H3;2-5,9,15-17,24H,6-8,10-14H2,1H3;1-5,14-16,22H,6-13H2. The van der Waals surface area contributed by atoms with Crippen LogP contribution in [0.3, 0.4) is 0 Å². The van der Waals surface area contributed by atoms with Gasteiger partial charge in [-0.05, 0) is 221 Å². The molecule has 0 radical (unpaired) electrons. The molecule has 0 atom stereocenters. The summed E-state index contributed by atoms with van der Waals surface area (Å²) in [6.45, 7) is 12.0. The van der Waals surface area contributed by atoms with Crippen molar-refractivity contribution in [3.8, 4) is 5.75 Å². The van der Waals surface area contributed by atoms with Crippen LogP contribution in [0.2, 0.25) is 0 Å². The minimum absolute atomic E-state index is 0.187. The monoisotopic (exact) mass is 1010 g/mol. The quantitative estimate of drug-likeness (QED) is 0.159. The first kappa shape index (κ1) is 50.0. The largest absolute Gasteiger partial charge is 0.497 e. The van der Waals surface area contributed by atoms with E-state index in [0.29, 0.717) is 16.6 Å². The van der Waals surface area contributed by atoms with E-state index < -0.39 is 0 Å². The maximum Gasteiger partial charge on any atom is 0.154 e. The lowest BCUT2D eigenvalue weighted by molar-refractivity contribution is -0.0182. The number of allylic oxidation sites excluding steroid dienone is 1. The molecule has 0 spiro atoms. The molecule has 12 aliphatic carbocycles. The van der Waals surface area contributed by atoms with Gasteiger partial charge in [0.25, 0.3) is 0 Å². The molecule has 9 heteroatoms. The van der Waals surface area contributed by atoms with Crippen LogP contribution in [0.25, 0.3) is 0 Å². The van der Waals surface area contributed by atoms with Crippen LogP contribution in [0.1, 0.15) is 159 Å². The van der Waals surface area contributed by atoms with E-state index in [1.54, 1.807) is 7.11 Å². The van der Waals surface area contributed by atoms with Gasteiger partial charge in [0.1, 0.15) is 5.75 Å². The Morgan fingerprint density at radius 2 is 0.840 bits per heavy atom. The fourth-order valence-electron chi connectivity index (χ4n) is 18.4. The number of hydrogen-bond donors (Lipinski definition) is 3. The number of aliphatic imine (C=N–C) groups is 5. The first-order valence-corrected chi connectivity index (χ1v) is 29.9. The molecule has 3 aromatic rings. The Balaban J connectivity index is 0.000000108. The van der Waals surface area contributed by atoms with Crippen molar-refractivity contribution in [2.45, 2.75) is 158 Å². The van der Waals surface area contributed by atoms with E-state index >= 15 is 0 Å². The SMILES string of the molecule is CC(C)(C)c1ccc(C2=NCC(CNC34CC5CC(CC(C5)C3)C4)=N2)cc1.COc1ccc(C2=NCC(CNC34CC5CC(CC(C5)C3)C4)=C2)cc1.c1ccc(C2=NCC(CNC34CC5CC(CC(C5)C3)C4)=N2)cc1. The minimum atomic E-state index is 0.187. The second-order valence-corrected chi connectivity index (χ2v) is 27.7. The number of methoxy groups -OCH3 is 1. The van der Waals surface area contributed by atoms with Gasteiger partial charge in [0.15, 0.2) is 11.7 Å². The van der Waals surface area contributed by atoms with Crippen molar-refractivity contribution in [2.24, 2.45) is 78.2 Å². The molecule has 0 unspecified atom stereocenters. The first-order chi connectivity index (χ1) is 36.4. The van der Waals surface area contributed by atoms with E-state index in [-0.39, 0.29) is 5.41 Å². The molecule has 12 fully saturated rings. The number of hydrogen-bond acceptors (Lipinski definition) is 9. The number of rotatable bonds is 13. The summed E-state index contributed by atoms with van der Waals surface area (Å²) < 4.78 is 5.24. The lowest BCUT2D eigenvalue weighted by Crippen LogP contribution is -2.59. The maximum atomic E-state index is 5.24. The molecule has 396 valence electrons. The molecule has 12 saturated carbocycles. The summed E-state index contributed by atoms with van der Waals surface area (Å²) in [5.74, 6) is 11.7. The van der Waals surface area contributed by atoms with Crippen LogP contribution in [-0.4, -0.2) is 91.8 Å². The zero-order chi connectivity index (χ0) is 50.8. The Labute approximate surface area is 449 Å². The summed E-state index contributed by atoms with van der Waals surface area (Å²) in [7, 11) is 1.70. The highest BCUT2D eigenvalue weighted by molar-refractivity contribution is 6.13. The van der Waals surface area contributed by atoms with Gasteiger partial charge in [-0.25, -0.2) is 9.98 Å². The normalized spacial score (nSPS) is 36.0. The van der Waals surface area contributed by atoms with E-state index in [1.807, 2.05) is 18.2 Å². The summed E-state index contributed by atoms with van der Waals surface area (Å²) >= 11 is 0. The zero-order valence-corrected chi connectivity index (χ0v) is 45.9. The third-order valence-corrected chi connectivity index (χ3v) is 20.7. The Kier molecular flexibility index (Phi) is 13.6. The van der Waals surface area contributed by atoms with Crippen LogP contribution in [0.15, 0.2) is 115 Å². The molecule has 3 aromatic carbocycles. The van der Waals surface area contributed by atoms with E-state index in [9.17, 15) is 0 Å². The average molecular weight is 1010 g/mol. The summed E-state index contributed by atoms with van der Waals surface area (Å²) in [5, 5.41) is 11.9. The Morgan fingerprint density at radius 3 is 1.24 bits per heavy atom. The predicted molar refractivity (Wildman–Crippen MR) is 308 cm³/mol. The van der Waals surface area contributed by atoms with Gasteiger partial charge in [-0.3, -0.25) is 15.0 Å². The van der Waals surface area contributed by atoms with E-state index in [1.165, 1.54) is 144 Å². The van der Waals surface area contributed by atoms with Gasteiger partial charge >= 0.3 is 0 Å². The fraction of sp³-hybridized carbons (Fsp3) is 0.621. The lowest BCUT2D eigenvalue weighted by Gasteiger charge is -2.57. The number of nitrogens with zero attached hydrogens (tertiary/aromatic N) is 5. The van der Waals surface area contributed by atoms with Crippen LogP contribution in [0, 0.1) is 53.3 Å². The topological polar surface area (TPSA) is 107 Å². The van der Waals surface area contributed by atoms with Gasteiger partial charge in [-0.2, -0.15) is 0 Å². The lowest BCUT2D eigenvalue weighted by atomic mass is 9.53. The van der Waals surface area contributed by atoms with Crippen LogP contribution in [0.4, 0.5) is 0 Å². The van der Waals surface area contributed by atoms with Crippen molar-refractivity contribution in [3.63, 3.8) is 0 Å². The number of ether oxygens (including phenoxy) is 1. The molecule has 12 bridgehead atoms. The Bertz CT molecular complexity index is 2650. The summed E-state index contributed by atoms with van der Waals surface area (Å²) in [6.07, 6.45) is 28.5. The van der Waals surface area contributed by atoms with Gasteiger partial charge in [-0.15, -0.1) is 0 Å². The molecule has 0 aromatic heterocycles. The molecule has 75 heavy (non-hydrogen) atoms. The molecule has 15 aliphatic rings. The average Bonchev–Trinajstić information content (AvgIpc) is 4.20. The van der Waals surface area contributed by atoms with Crippen molar-refractivity contribution < 1.29 is 4.74 Å². The van der Waals surface area contributed by atoms with E-state index in [0.717, 1.165) is 127 Å². The fourth-order valence-corrected chi connectivity index (χ4v) is 18.4. The highest BCUT2D eigenvalue weighted by Gasteiger charge is 2.53. The van der Waals surface area contributed by atoms with Crippen molar-refractivity contribution in [1.82, 2.24) is 16.0 Å². The second kappa shape index (κ2) is 20.3. The van der Waals surface area contributed by atoms with Crippen molar-refractivity contribution in [2.75, 3.05) is 46.4 Å². The van der Waals surface area contributed by atoms with Crippen molar-refractivity contribution >= 4 is 28.8 Å². The summed E-state index contributed by atoms with van der Waals surface area (Å²) in [6, 6.07) is 27.4. The molecule has 18 rings (SSSR count). The molecule has 0 amide bonds. The molecule has 3 heterocycles. The van der Waals surface area contributed by atoms with Gasteiger partial charge in [0.05, 0.1) is 43.9 Å². The van der Waals surface area contributed by atoms with Gasteiger partial charge in [-0.1, -0.05) is 75.4 Å². The third kappa shape index (κ3) is 11.0. The van der Waals surface area contributed by atoms with Gasteiger partial charge in [0, 0.05) is 47.4 Å². The van der Waals surface area contributed by atoms with E-state index in [4.69, 9.17) is 24.7 Å². The van der Waals surface area contributed by atoms with Crippen LogP contribution in [0.5, 0.6) is 5.75 Å². The molecular weight excluding hydrogens is 921 g/mol. The molecule has 3 aliphatic heterocycles. The molecule has 0 saturated heterocycles. The minimum Gasteiger partial charge on any atom is -0.497 e. The zero-order valence-electron chi connectivity index (χ0n) is 45.9. The summed E-state index contributed by atoms with van der Waals surface area (Å²) in [5.41, 5.74) is 11.3. The molecule has 9 nitrogen and oxygen atoms in total. The smallest absolute Gasteiger partial charge is 0.154 e. The van der Waals surface area contributed by atoms with Gasteiger partial charge < -0.3 is 20.7 Å².